The van der Waals surface area contributed by atoms with E-state index in [0.29, 0.717) is 24.1 Å². The largest absolute Gasteiger partial charge is 0.392 e. The van der Waals surface area contributed by atoms with Gasteiger partial charge in [0.2, 0.25) is 5.82 Å². The number of hydrogen-bond acceptors (Lipinski definition) is 6. The highest BCUT2D eigenvalue weighted by Crippen LogP contribution is 2.39. The molecule has 270 valence electrons. The molecular weight excluding hydrogens is 681 g/mol. The number of nitrogens with one attached hydrogen (secondary N) is 1. The number of nitrogens with zero attached hydrogens (tertiary/aromatic N) is 2. The van der Waals surface area contributed by atoms with Crippen molar-refractivity contribution in [1.82, 2.24) is 15.2 Å². The Balaban J connectivity index is 1.18. The average Bonchev–Trinajstić information content (AvgIpc) is 3.18. The average molecular weight is 718 g/mol. The summed E-state index contributed by atoms with van der Waals surface area (Å²) < 4.78 is 82.4. The molecule has 52 heavy (non-hydrogen) atoms. The number of pyridine rings is 1. The summed E-state index contributed by atoms with van der Waals surface area (Å²) in [6, 6.07) is 27.8. The van der Waals surface area contributed by atoms with Gasteiger partial charge in [0.05, 0.1) is 18.8 Å². The van der Waals surface area contributed by atoms with E-state index in [4.69, 9.17) is 9.47 Å². The molecule has 0 spiro atoms. The van der Waals surface area contributed by atoms with Gasteiger partial charge in [0.25, 0.3) is 5.91 Å². The number of aromatic nitrogens is 1. The second-order valence-electron chi connectivity index (χ2n) is 12.6. The summed E-state index contributed by atoms with van der Waals surface area (Å²) in [6.45, 7) is 1.13. The third-order valence-electron chi connectivity index (χ3n) is 8.99. The molecule has 0 radical (unpaired) electrons. The van der Waals surface area contributed by atoms with E-state index in [1.807, 2.05) is 73.8 Å². The molecule has 3 atom stereocenters. The zero-order chi connectivity index (χ0) is 36.8. The van der Waals surface area contributed by atoms with Gasteiger partial charge in [-0.1, -0.05) is 78.9 Å². The van der Waals surface area contributed by atoms with Gasteiger partial charge in [-0.25, -0.2) is 22.0 Å². The molecule has 7 nitrogen and oxygen atoms in total. The lowest BCUT2D eigenvalue weighted by Crippen LogP contribution is -2.38. The zero-order valence-electron chi connectivity index (χ0n) is 28.2. The monoisotopic (exact) mass is 717 g/mol. The van der Waals surface area contributed by atoms with Gasteiger partial charge in [-0.05, 0) is 47.0 Å². The van der Waals surface area contributed by atoms with Gasteiger partial charge in [-0.3, -0.25) is 9.78 Å². The lowest BCUT2D eigenvalue weighted by atomic mass is 9.97. The molecule has 1 aliphatic heterocycles. The first kappa shape index (κ1) is 36.8. The number of likely N-dealkylation sites (N-methyl/N-ethyl adjacent to an activating group) is 1. The molecule has 0 saturated carbocycles. The van der Waals surface area contributed by atoms with Crippen LogP contribution < -0.4 is 5.32 Å². The maximum absolute atomic E-state index is 14.2. The fraction of sp³-hybridized carbons (Fsp3) is 0.250. The van der Waals surface area contributed by atoms with Crippen molar-refractivity contribution in [2.75, 3.05) is 20.1 Å². The maximum Gasteiger partial charge on any atom is 0.257 e. The Bertz CT molecular complexity index is 1970. The first-order valence-electron chi connectivity index (χ1n) is 16.7. The van der Waals surface area contributed by atoms with E-state index < -0.39 is 46.8 Å². The maximum atomic E-state index is 14.2. The molecule has 0 bridgehead atoms. The molecule has 1 fully saturated rings. The lowest BCUT2D eigenvalue weighted by molar-refractivity contribution is -0.252. The van der Waals surface area contributed by atoms with Crippen molar-refractivity contribution in [2.45, 2.75) is 44.5 Å². The molecule has 6 rings (SSSR count). The Hall–Kier alpha value is -5.01. The normalized spacial score (nSPS) is 17.3. The zero-order valence-corrected chi connectivity index (χ0v) is 28.2. The van der Waals surface area contributed by atoms with Crippen molar-refractivity contribution in [2.24, 2.45) is 0 Å². The second kappa shape index (κ2) is 16.6. The number of carbonyl (C=O) groups excluding carboxylic acids is 1. The number of benzene rings is 4. The number of aliphatic hydroxyl groups excluding tert-OH is 1. The quantitative estimate of drug-likeness (QED) is 0.0787. The highest BCUT2D eigenvalue weighted by molar-refractivity contribution is 5.95. The molecule has 1 aliphatic rings. The van der Waals surface area contributed by atoms with Crippen LogP contribution in [0.15, 0.2) is 97.2 Å². The fourth-order valence-corrected chi connectivity index (χ4v) is 6.17. The first-order valence-corrected chi connectivity index (χ1v) is 16.7. The minimum absolute atomic E-state index is 0.0611. The number of amides is 1. The van der Waals surface area contributed by atoms with Crippen LogP contribution in [0.2, 0.25) is 0 Å². The molecular formula is C40H36F5N3O4. The predicted octanol–water partition coefficient (Wildman–Crippen LogP) is 7.59. The van der Waals surface area contributed by atoms with Gasteiger partial charge in [-0.2, -0.15) is 0 Å². The summed E-state index contributed by atoms with van der Waals surface area (Å²) in [5, 5.41) is 11.8. The molecule has 2 heterocycles. The molecule has 1 amide bonds. The number of carbonyl (C=O) groups is 1. The number of hydrogen-bond donors (Lipinski definition) is 2. The summed E-state index contributed by atoms with van der Waals surface area (Å²) in [4.78, 5) is 19.2. The predicted molar refractivity (Wildman–Crippen MR) is 183 cm³/mol. The van der Waals surface area contributed by atoms with Gasteiger partial charge in [0.1, 0.15) is 5.56 Å². The SMILES string of the molecule is CN(CCc1ccccn1)C[C@H]1C[C@@H](c2ccc(CO)cc2)O[C@@H](c2ccc(-c3ccccc3CNC(=O)c3c(F)c(F)c(F)c(F)c3F)cc2)O1. The number of aliphatic hydroxyl groups is 1. The Morgan fingerprint density at radius 2 is 1.48 bits per heavy atom. The minimum Gasteiger partial charge on any atom is -0.392 e. The van der Waals surface area contributed by atoms with Crippen LogP contribution in [-0.4, -0.2) is 47.1 Å². The van der Waals surface area contributed by atoms with E-state index in [0.717, 1.165) is 40.9 Å². The van der Waals surface area contributed by atoms with Gasteiger partial charge < -0.3 is 24.8 Å². The van der Waals surface area contributed by atoms with E-state index in [1.165, 1.54) is 0 Å². The van der Waals surface area contributed by atoms with Crippen molar-refractivity contribution in [1.29, 1.82) is 0 Å². The Kier molecular flexibility index (Phi) is 11.7. The molecule has 1 aromatic heterocycles. The van der Waals surface area contributed by atoms with Crippen LogP contribution in [0, 0.1) is 29.1 Å². The molecule has 5 aromatic rings. The Morgan fingerprint density at radius 1 is 0.827 bits per heavy atom. The van der Waals surface area contributed by atoms with Crippen LogP contribution in [0.1, 0.15) is 57.1 Å². The second-order valence-corrected chi connectivity index (χ2v) is 12.6. The molecule has 0 aliphatic carbocycles. The third kappa shape index (κ3) is 8.37. The number of rotatable bonds is 12. The summed E-state index contributed by atoms with van der Waals surface area (Å²) in [5.41, 5.74) is 3.93. The van der Waals surface area contributed by atoms with E-state index in [9.17, 15) is 31.9 Å². The van der Waals surface area contributed by atoms with Crippen LogP contribution in [0.4, 0.5) is 22.0 Å². The highest BCUT2D eigenvalue weighted by atomic mass is 19.2. The van der Waals surface area contributed by atoms with Crippen LogP contribution >= 0.6 is 0 Å². The van der Waals surface area contributed by atoms with Crippen molar-refractivity contribution in [3.63, 3.8) is 0 Å². The van der Waals surface area contributed by atoms with Crippen LogP contribution in [0.5, 0.6) is 0 Å². The third-order valence-corrected chi connectivity index (χ3v) is 8.99. The van der Waals surface area contributed by atoms with E-state index in [2.05, 4.69) is 15.2 Å². The lowest BCUT2D eigenvalue weighted by Gasteiger charge is -2.38. The fourth-order valence-electron chi connectivity index (χ4n) is 6.17. The van der Waals surface area contributed by atoms with Crippen molar-refractivity contribution in [3.8, 4) is 11.1 Å². The standard InChI is InChI=1S/C40H36F5N3O4/c1-48(19-17-29-7-4-5-18-46-29)22-30-20-32(26-11-9-24(23-49)10-12-26)52-40(51-30)27-15-13-25(14-16-27)31-8-3-2-6-28(31)21-47-39(50)33-34(41)36(43)38(45)37(44)35(33)42/h2-16,18,30,32,40,49H,17,19-23H2,1H3,(H,47,50)/t30-,32+,40+/m1/s1. The van der Waals surface area contributed by atoms with Gasteiger partial charge in [-0.15, -0.1) is 0 Å². The van der Waals surface area contributed by atoms with Gasteiger partial charge >= 0.3 is 0 Å². The van der Waals surface area contributed by atoms with Crippen LogP contribution in [0.25, 0.3) is 11.1 Å². The summed E-state index contributed by atoms with van der Waals surface area (Å²) >= 11 is 0. The van der Waals surface area contributed by atoms with Crippen molar-refractivity contribution >= 4 is 5.91 Å². The Labute approximate surface area is 297 Å². The van der Waals surface area contributed by atoms with Crippen LogP contribution in [0.3, 0.4) is 0 Å². The van der Waals surface area contributed by atoms with E-state index in [-0.39, 0.29) is 25.4 Å². The molecule has 2 N–H and O–H groups in total. The molecule has 4 aromatic carbocycles. The Morgan fingerprint density at radius 3 is 2.15 bits per heavy atom. The number of halogens is 5. The van der Waals surface area contributed by atoms with E-state index in [1.54, 1.807) is 30.5 Å². The topological polar surface area (TPSA) is 83.9 Å². The van der Waals surface area contributed by atoms with Gasteiger partial charge in [0, 0.05) is 49.9 Å². The molecule has 12 heteroatoms. The van der Waals surface area contributed by atoms with Crippen molar-refractivity contribution < 1.29 is 41.3 Å². The van der Waals surface area contributed by atoms with E-state index >= 15 is 0 Å². The summed E-state index contributed by atoms with van der Waals surface area (Å²) in [5.74, 6) is -12.6. The van der Waals surface area contributed by atoms with Crippen LogP contribution in [-0.2, 0) is 29.0 Å². The first-order chi connectivity index (χ1) is 25.1. The highest BCUT2D eigenvalue weighted by Gasteiger charge is 2.33. The smallest absolute Gasteiger partial charge is 0.257 e. The molecule has 0 unspecified atom stereocenters. The summed E-state index contributed by atoms with van der Waals surface area (Å²) in [7, 11) is 2.04. The van der Waals surface area contributed by atoms with Crippen molar-refractivity contribution in [3.05, 3.63) is 160 Å². The number of ether oxygens (including phenoxy) is 2. The molecule has 1 saturated heterocycles. The summed E-state index contributed by atoms with van der Waals surface area (Å²) in [6.07, 6.45) is 2.04. The minimum atomic E-state index is -2.34. The van der Waals surface area contributed by atoms with Gasteiger partial charge in [0.15, 0.2) is 29.6 Å².